The normalized spacial score (nSPS) is 20.8. The van der Waals surface area contributed by atoms with Crippen molar-refractivity contribution in [3.8, 4) is 0 Å². The molecule has 0 unspecified atom stereocenters. The number of carbonyl (C=O) groups is 1. The van der Waals surface area contributed by atoms with Crippen LogP contribution in [0.1, 0.15) is 33.3 Å². The smallest absolute Gasteiger partial charge is 0.141 e. The summed E-state index contributed by atoms with van der Waals surface area (Å²) in [5, 5.41) is 0. The molecule has 0 atom stereocenters. The average molecular weight is 252 g/mol. The van der Waals surface area contributed by atoms with Crippen LogP contribution in [0.2, 0.25) is 0 Å². The SMILES string of the molecule is CC1(C)C(C(=O)Cc2ccc(F)cc2F)C1(C)C. The third kappa shape index (κ3) is 1.86. The Morgan fingerprint density at radius 1 is 1.17 bits per heavy atom. The third-order valence-corrected chi connectivity index (χ3v) is 4.72. The van der Waals surface area contributed by atoms with Crippen molar-refractivity contribution in [1.82, 2.24) is 0 Å². The van der Waals surface area contributed by atoms with Gasteiger partial charge in [-0.25, -0.2) is 8.78 Å². The minimum absolute atomic E-state index is 0.0375. The lowest BCUT2D eigenvalue weighted by Crippen LogP contribution is -2.11. The lowest BCUT2D eigenvalue weighted by molar-refractivity contribution is -0.120. The summed E-state index contributed by atoms with van der Waals surface area (Å²) in [6.45, 7) is 8.21. The van der Waals surface area contributed by atoms with E-state index in [-0.39, 0.29) is 34.5 Å². The van der Waals surface area contributed by atoms with E-state index in [1.54, 1.807) is 0 Å². The van der Waals surface area contributed by atoms with E-state index in [2.05, 4.69) is 27.7 Å². The minimum atomic E-state index is -0.639. The Morgan fingerprint density at radius 2 is 1.72 bits per heavy atom. The highest BCUT2D eigenvalue weighted by molar-refractivity contribution is 5.88. The predicted octanol–water partition coefficient (Wildman–Crippen LogP) is 3.76. The van der Waals surface area contributed by atoms with Crippen molar-refractivity contribution >= 4 is 5.78 Å². The Hall–Kier alpha value is -1.25. The largest absolute Gasteiger partial charge is 0.299 e. The number of hydrogen-bond donors (Lipinski definition) is 0. The molecular weight excluding hydrogens is 234 g/mol. The molecule has 0 spiro atoms. The van der Waals surface area contributed by atoms with Gasteiger partial charge in [-0.2, -0.15) is 0 Å². The molecule has 0 aromatic heterocycles. The summed E-state index contributed by atoms with van der Waals surface area (Å²) < 4.78 is 26.3. The predicted molar refractivity (Wildman–Crippen MR) is 66.1 cm³/mol. The molecule has 0 aliphatic heterocycles. The van der Waals surface area contributed by atoms with Crippen LogP contribution in [0.15, 0.2) is 18.2 Å². The van der Waals surface area contributed by atoms with Gasteiger partial charge in [0.15, 0.2) is 0 Å². The Balaban J connectivity index is 2.14. The number of carbonyl (C=O) groups excluding carboxylic acids is 1. The molecule has 2 rings (SSSR count). The molecule has 18 heavy (non-hydrogen) atoms. The first-order valence-corrected chi connectivity index (χ1v) is 6.14. The van der Waals surface area contributed by atoms with E-state index in [4.69, 9.17) is 0 Å². The molecule has 1 fully saturated rings. The summed E-state index contributed by atoms with van der Waals surface area (Å²) in [5.74, 6) is -1.26. The van der Waals surface area contributed by atoms with Gasteiger partial charge in [0.2, 0.25) is 0 Å². The summed E-state index contributed by atoms with van der Waals surface area (Å²) in [4.78, 5) is 12.2. The van der Waals surface area contributed by atoms with E-state index in [0.717, 1.165) is 6.07 Å². The fourth-order valence-corrected chi connectivity index (χ4v) is 2.96. The van der Waals surface area contributed by atoms with Crippen LogP contribution in [0, 0.1) is 28.4 Å². The molecule has 1 nitrogen and oxygen atoms in total. The fourth-order valence-electron chi connectivity index (χ4n) is 2.96. The molecule has 1 aromatic carbocycles. The van der Waals surface area contributed by atoms with Crippen LogP contribution in [0.4, 0.5) is 8.78 Å². The van der Waals surface area contributed by atoms with Crippen LogP contribution in [0.25, 0.3) is 0 Å². The zero-order chi connectivity index (χ0) is 13.7. The maximum absolute atomic E-state index is 13.5. The molecule has 0 heterocycles. The summed E-state index contributed by atoms with van der Waals surface area (Å²) in [6, 6.07) is 3.37. The standard InChI is InChI=1S/C15H18F2O/c1-14(2)13(15(14,3)4)12(18)7-9-5-6-10(16)8-11(9)17/h5-6,8,13H,7H2,1-4H3. The number of Topliss-reactive ketones (excluding diaryl/α,β-unsaturated/α-hetero) is 1. The molecular formula is C15H18F2O. The quantitative estimate of drug-likeness (QED) is 0.800. The van der Waals surface area contributed by atoms with Crippen molar-refractivity contribution in [2.75, 3.05) is 0 Å². The number of ketones is 1. The maximum atomic E-state index is 13.5. The summed E-state index contributed by atoms with van der Waals surface area (Å²) in [5.41, 5.74) is 0.196. The molecule has 98 valence electrons. The van der Waals surface area contributed by atoms with Crippen LogP contribution in [-0.2, 0) is 11.2 Å². The number of rotatable bonds is 3. The highest BCUT2D eigenvalue weighted by Gasteiger charge is 2.67. The van der Waals surface area contributed by atoms with Crippen LogP contribution in [0.3, 0.4) is 0 Å². The molecule has 0 amide bonds. The van der Waals surface area contributed by atoms with Gasteiger partial charge in [-0.1, -0.05) is 33.8 Å². The van der Waals surface area contributed by atoms with Gasteiger partial charge in [-0.05, 0) is 22.5 Å². The van der Waals surface area contributed by atoms with Crippen molar-refractivity contribution in [2.24, 2.45) is 16.7 Å². The van der Waals surface area contributed by atoms with E-state index >= 15 is 0 Å². The Bertz CT molecular complexity index is 489. The van der Waals surface area contributed by atoms with E-state index in [9.17, 15) is 13.6 Å². The van der Waals surface area contributed by atoms with Gasteiger partial charge in [0, 0.05) is 18.4 Å². The topological polar surface area (TPSA) is 17.1 Å². The first-order chi connectivity index (χ1) is 8.18. The summed E-state index contributed by atoms with van der Waals surface area (Å²) in [6.07, 6.45) is 0.0453. The minimum Gasteiger partial charge on any atom is -0.299 e. The van der Waals surface area contributed by atoms with Gasteiger partial charge in [0.25, 0.3) is 0 Å². The summed E-state index contributed by atoms with van der Waals surface area (Å²) >= 11 is 0. The van der Waals surface area contributed by atoms with Gasteiger partial charge < -0.3 is 0 Å². The Kier molecular flexibility index (Phi) is 2.84. The van der Waals surface area contributed by atoms with Gasteiger partial charge in [-0.3, -0.25) is 4.79 Å². The molecule has 0 saturated heterocycles. The highest BCUT2D eigenvalue weighted by Crippen LogP contribution is 2.68. The van der Waals surface area contributed by atoms with Gasteiger partial charge in [-0.15, -0.1) is 0 Å². The van der Waals surface area contributed by atoms with E-state index in [0.29, 0.717) is 0 Å². The maximum Gasteiger partial charge on any atom is 0.141 e. The zero-order valence-electron chi connectivity index (χ0n) is 11.2. The fraction of sp³-hybridized carbons (Fsp3) is 0.533. The number of hydrogen-bond acceptors (Lipinski definition) is 1. The molecule has 0 radical (unpaired) electrons. The van der Waals surface area contributed by atoms with Crippen molar-refractivity contribution in [2.45, 2.75) is 34.1 Å². The molecule has 0 bridgehead atoms. The molecule has 1 aliphatic carbocycles. The molecule has 1 saturated carbocycles. The van der Waals surface area contributed by atoms with Crippen molar-refractivity contribution < 1.29 is 13.6 Å². The first kappa shape index (κ1) is 13.2. The number of benzene rings is 1. The second-order valence-electron chi connectivity index (χ2n) is 6.26. The molecule has 1 aliphatic rings. The lowest BCUT2D eigenvalue weighted by Gasteiger charge is -2.04. The van der Waals surface area contributed by atoms with Crippen LogP contribution in [0.5, 0.6) is 0 Å². The Morgan fingerprint density at radius 3 is 2.17 bits per heavy atom. The monoisotopic (exact) mass is 252 g/mol. The second-order valence-corrected chi connectivity index (χ2v) is 6.26. The van der Waals surface area contributed by atoms with Crippen LogP contribution in [-0.4, -0.2) is 5.78 Å². The van der Waals surface area contributed by atoms with Crippen molar-refractivity contribution in [3.63, 3.8) is 0 Å². The average Bonchev–Trinajstić information content (AvgIpc) is 2.62. The van der Waals surface area contributed by atoms with Crippen LogP contribution < -0.4 is 0 Å². The summed E-state index contributed by atoms with van der Waals surface area (Å²) in [7, 11) is 0. The van der Waals surface area contributed by atoms with Crippen molar-refractivity contribution in [3.05, 3.63) is 35.4 Å². The van der Waals surface area contributed by atoms with Crippen LogP contribution >= 0.6 is 0 Å². The van der Waals surface area contributed by atoms with E-state index in [1.165, 1.54) is 12.1 Å². The second kappa shape index (κ2) is 3.87. The lowest BCUT2D eigenvalue weighted by atomic mass is 10.0. The number of halogens is 2. The molecule has 0 N–H and O–H groups in total. The zero-order valence-corrected chi connectivity index (χ0v) is 11.2. The Labute approximate surface area is 106 Å². The first-order valence-electron chi connectivity index (χ1n) is 6.14. The van der Waals surface area contributed by atoms with Gasteiger partial charge in [0.05, 0.1) is 0 Å². The molecule has 1 aromatic rings. The van der Waals surface area contributed by atoms with Crippen molar-refractivity contribution in [1.29, 1.82) is 0 Å². The highest BCUT2D eigenvalue weighted by atomic mass is 19.1. The van der Waals surface area contributed by atoms with Gasteiger partial charge >= 0.3 is 0 Å². The molecule has 3 heteroatoms. The third-order valence-electron chi connectivity index (χ3n) is 4.72. The van der Waals surface area contributed by atoms with E-state index in [1.807, 2.05) is 0 Å². The van der Waals surface area contributed by atoms with E-state index < -0.39 is 11.6 Å². The van der Waals surface area contributed by atoms with Gasteiger partial charge in [0.1, 0.15) is 17.4 Å².